The zero-order valence-electron chi connectivity index (χ0n) is 10.4. The monoisotopic (exact) mass is 239 g/mol. The Hall–Kier alpha value is -1.06. The maximum atomic E-state index is 11.7. The summed E-state index contributed by atoms with van der Waals surface area (Å²) >= 11 is 0. The Morgan fingerprint density at radius 3 is 2.65 bits per heavy atom. The van der Waals surface area contributed by atoms with Crippen LogP contribution in [0.3, 0.4) is 0 Å². The van der Waals surface area contributed by atoms with E-state index in [1.807, 2.05) is 0 Å². The van der Waals surface area contributed by atoms with E-state index in [-0.39, 0.29) is 24.7 Å². The highest BCUT2D eigenvalue weighted by Gasteiger charge is 2.39. The van der Waals surface area contributed by atoms with Crippen molar-refractivity contribution >= 4 is 11.9 Å². The van der Waals surface area contributed by atoms with Crippen molar-refractivity contribution in [3.8, 4) is 0 Å². The molecule has 0 aromatic rings. The minimum atomic E-state index is -0.282. The minimum absolute atomic E-state index is 0.00407. The van der Waals surface area contributed by atoms with Gasteiger partial charge in [0.1, 0.15) is 0 Å². The molecule has 17 heavy (non-hydrogen) atoms. The summed E-state index contributed by atoms with van der Waals surface area (Å²) in [4.78, 5) is 22.8. The standard InChI is InChI=1S/C13H21NO3/c1-2-17-13(16)6-5-12(15)14-11-8-9-3-4-10(11)7-9/h9-11H,2-8H2,1H3,(H,14,15). The average Bonchev–Trinajstić information content (AvgIpc) is 2.88. The summed E-state index contributed by atoms with van der Waals surface area (Å²) in [6.45, 7) is 2.15. The summed E-state index contributed by atoms with van der Waals surface area (Å²) in [6.07, 6.45) is 5.46. The Morgan fingerprint density at radius 2 is 2.06 bits per heavy atom. The van der Waals surface area contributed by atoms with Gasteiger partial charge in [0.15, 0.2) is 0 Å². The van der Waals surface area contributed by atoms with Crippen molar-refractivity contribution in [2.45, 2.75) is 51.5 Å². The van der Waals surface area contributed by atoms with Crippen LogP contribution in [-0.2, 0) is 14.3 Å². The van der Waals surface area contributed by atoms with Crippen LogP contribution in [0, 0.1) is 11.8 Å². The second kappa shape index (κ2) is 5.52. The van der Waals surface area contributed by atoms with Gasteiger partial charge in [-0.25, -0.2) is 0 Å². The van der Waals surface area contributed by atoms with Gasteiger partial charge in [-0.05, 0) is 38.0 Å². The van der Waals surface area contributed by atoms with Gasteiger partial charge in [0.2, 0.25) is 5.91 Å². The molecule has 3 unspecified atom stereocenters. The molecule has 1 amide bonds. The van der Waals surface area contributed by atoms with E-state index in [0.29, 0.717) is 18.6 Å². The maximum Gasteiger partial charge on any atom is 0.306 e. The Balaban J connectivity index is 1.66. The molecule has 0 aromatic carbocycles. The van der Waals surface area contributed by atoms with Gasteiger partial charge in [-0.1, -0.05) is 6.42 Å². The van der Waals surface area contributed by atoms with Gasteiger partial charge in [-0.3, -0.25) is 9.59 Å². The molecule has 0 saturated heterocycles. The molecule has 2 aliphatic rings. The number of hydrogen-bond acceptors (Lipinski definition) is 3. The van der Waals surface area contributed by atoms with Crippen LogP contribution in [0.25, 0.3) is 0 Å². The minimum Gasteiger partial charge on any atom is -0.466 e. The van der Waals surface area contributed by atoms with Crippen molar-refractivity contribution < 1.29 is 14.3 Å². The van der Waals surface area contributed by atoms with Crippen molar-refractivity contribution in [2.75, 3.05) is 6.61 Å². The van der Waals surface area contributed by atoms with Crippen LogP contribution >= 0.6 is 0 Å². The van der Waals surface area contributed by atoms with Crippen molar-refractivity contribution in [2.24, 2.45) is 11.8 Å². The third-order valence-corrected chi connectivity index (χ3v) is 3.95. The summed E-state index contributed by atoms with van der Waals surface area (Å²) < 4.78 is 4.79. The quantitative estimate of drug-likeness (QED) is 0.742. The van der Waals surface area contributed by atoms with Crippen molar-refractivity contribution in [3.63, 3.8) is 0 Å². The van der Waals surface area contributed by atoms with E-state index >= 15 is 0 Å². The lowest BCUT2D eigenvalue weighted by Crippen LogP contribution is -2.38. The summed E-state index contributed by atoms with van der Waals surface area (Å²) in [6, 6.07) is 0.364. The molecule has 96 valence electrons. The second-order valence-corrected chi connectivity index (χ2v) is 5.15. The highest BCUT2D eigenvalue weighted by Crippen LogP contribution is 2.44. The molecule has 0 heterocycles. The molecule has 2 bridgehead atoms. The number of carbonyl (C=O) groups is 2. The Bertz CT molecular complexity index is 303. The molecule has 2 saturated carbocycles. The van der Waals surface area contributed by atoms with Gasteiger partial charge in [0, 0.05) is 12.5 Å². The molecular formula is C13H21NO3. The van der Waals surface area contributed by atoms with Crippen LogP contribution in [-0.4, -0.2) is 24.5 Å². The Labute approximate surface area is 102 Å². The van der Waals surface area contributed by atoms with E-state index in [4.69, 9.17) is 4.74 Å². The first-order valence-corrected chi connectivity index (χ1v) is 6.64. The Kier molecular flexibility index (Phi) is 4.02. The van der Waals surface area contributed by atoms with Gasteiger partial charge >= 0.3 is 5.97 Å². The number of carbonyl (C=O) groups excluding carboxylic acids is 2. The highest BCUT2D eigenvalue weighted by molar-refractivity contribution is 5.81. The van der Waals surface area contributed by atoms with Crippen LogP contribution in [0.2, 0.25) is 0 Å². The number of esters is 1. The lowest BCUT2D eigenvalue weighted by molar-refractivity contribution is -0.144. The molecule has 0 spiro atoms. The van der Waals surface area contributed by atoms with Crippen LogP contribution < -0.4 is 5.32 Å². The van der Waals surface area contributed by atoms with E-state index in [9.17, 15) is 9.59 Å². The largest absolute Gasteiger partial charge is 0.466 e. The van der Waals surface area contributed by atoms with Gasteiger partial charge in [0.05, 0.1) is 13.0 Å². The third kappa shape index (κ3) is 3.20. The van der Waals surface area contributed by atoms with Gasteiger partial charge < -0.3 is 10.1 Å². The molecule has 2 aliphatic carbocycles. The van der Waals surface area contributed by atoms with Crippen molar-refractivity contribution in [1.82, 2.24) is 5.32 Å². The first kappa shape index (κ1) is 12.4. The van der Waals surface area contributed by atoms with Crippen molar-refractivity contribution in [3.05, 3.63) is 0 Å². The molecule has 0 radical (unpaired) electrons. The number of hydrogen-bond donors (Lipinski definition) is 1. The fourth-order valence-corrected chi connectivity index (χ4v) is 3.15. The smallest absolute Gasteiger partial charge is 0.306 e. The van der Waals surface area contributed by atoms with E-state index < -0.39 is 0 Å². The number of ether oxygens (including phenoxy) is 1. The fourth-order valence-electron chi connectivity index (χ4n) is 3.15. The summed E-state index contributed by atoms with van der Waals surface area (Å²) in [5, 5.41) is 3.06. The molecule has 4 heteroatoms. The fraction of sp³-hybridized carbons (Fsp3) is 0.846. The zero-order valence-corrected chi connectivity index (χ0v) is 10.4. The molecule has 0 aliphatic heterocycles. The van der Waals surface area contributed by atoms with E-state index in [2.05, 4.69) is 5.32 Å². The zero-order chi connectivity index (χ0) is 12.3. The number of nitrogens with one attached hydrogen (secondary N) is 1. The van der Waals surface area contributed by atoms with Crippen molar-refractivity contribution in [1.29, 1.82) is 0 Å². The molecule has 3 atom stereocenters. The van der Waals surface area contributed by atoms with E-state index in [1.165, 1.54) is 19.3 Å². The SMILES string of the molecule is CCOC(=O)CCC(=O)NC1CC2CCC1C2. The topological polar surface area (TPSA) is 55.4 Å². The molecule has 2 fully saturated rings. The van der Waals surface area contributed by atoms with Crippen LogP contribution in [0.15, 0.2) is 0 Å². The average molecular weight is 239 g/mol. The maximum absolute atomic E-state index is 11.7. The predicted octanol–water partition coefficient (Wildman–Crippen LogP) is 1.63. The number of rotatable bonds is 5. The Morgan fingerprint density at radius 1 is 1.24 bits per heavy atom. The van der Waals surface area contributed by atoms with E-state index in [1.54, 1.807) is 6.92 Å². The first-order valence-electron chi connectivity index (χ1n) is 6.64. The molecule has 1 N–H and O–H groups in total. The number of fused-ring (bicyclic) bond motifs is 2. The van der Waals surface area contributed by atoms with Crippen LogP contribution in [0.4, 0.5) is 0 Å². The number of amides is 1. The summed E-state index contributed by atoms with van der Waals surface area (Å²) in [5.41, 5.74) is 0. The van der Waals surface area contributed by atoms with E-state index in [0.717, 1.165) is 12.3 Å². The first-order chi connectivity index (χ1) is 8.19. The van der Waals surface area contributed by atoms with Gasteiger partial charge in [-0.15, -0.1) is 0 Å². The lowest BCUT2D eigenvalue weighted by Gasteiger charge is -2.22. The molecular weight excluding hydrogens is 218 g/mol. The summed E-state index contributed by atoms with van der Waals surface area (Å²) in [5.74, 6) is 1.23. The summed E-state index contributed by atoms with van der Waals surface area (Å²) in [7, 11) is 0. The lowest BCUT2D eigenvalue weighted by atomic mass is 9.95. The predicted molar refractivity (Wildman–Crippen MR) is 63.2 cm³/mol. The van der Waals surface area contributed by atoms with Gasteiger partial charge in [-0.2, -0.15) is 0 Å². The molecule has 0 aromatic heterocycles. The van der Waals surface area contributed by atoms with Gasteiger partial charge in [0.25, 0.3) is 0 Å². The molecule has 2 rings (SSSR count). The van der Waals surface area contributed by atoms with Crippen LogP contribution in [0.5, 0.6) is 0 Å². The second-order valence-electron chi connectivity index (χ2n) is 5.15. The normalized spacial score (nSPS) is 30.3. The molecule has 4 nitrogen and oxygen atoms in total. The van der Waals surface area contributed by atoms with Crippen LogP contribution in [0.1, 0.15) is 45.4 Å². The third-order valence-electron chi connectivity index (χ3n) is 3.95. The highest BCUT2D eigenvalue weighted by atomic mass is 16.5.